The Morgan fingerprint density at radius 2 is 1.70 bits per heavy atom. The molecule has 1 aliphatic carbocycles. The number of pyridine rings is 1. The quantitative estimate of drug-likeness (QED) is 0.594. The summed E-state index contributed by atoms with van der Waals surface area (Å²) < 4.78 is 24.1. The minimum Gasteiger partial charge on any atom is -0.496 e. The van der Waals surface area contributed by atoms with Gasteiger partial charge in [-0.05, 0) is 76.3 Å². The molecule has 2 aromatic rings. The summed E-state index contributed by atoms with van der Waals surface area (Å²) in [6.45, 7) is 5.48. The van der Waals surface area contributed by atoms with E-state index in [-0.39, 0.29) is 18.1 Å². The smallest absolute Gasteiger partial charge is 0.407 e. The molecule has 0 unspecified atom stereocenters. The van der Waals surface area contributed by atoms with Crippen molar-refractivity contribution in [1.29, 1.82) is 0 Å². The van der Waals surface area contributed by atoms with Gasteiger partial charge in [-0.1, -0.05) is 0 Å². The van der Waals surface area contributed by atoms with E-state index < -0.39 is 17.5 Å². The highest BCUT2D eigenvalue weighted by Gasteiger charge is 2.25. The molecule has 1 heterocycles. The van der Waals surface area contributed by atoms with Gasteiger partial charge in [-0.25, -0.2) is 19.0 Å². The molecule has 33 heavy (non-hydrogen) atoms. The van der Waals surface area contributed by atoms with E-state index >= 15 is 0 Å². The Balaban J connectivity index is 1.51. The van der Waals surface area contributed by atoms with Crippen LogP contribution in [0.1, 0.15) is 46.5 Å². The number of nitrogens with one attached hydrogen (secondary N) is 3. The number of benzene rings is 1. The van der Waals surface area contributed by atoms with Crippen molar-refractivity contribution in [2.75, 3.05) is 12.4 Å². The van der Waals surface area contributed by atoms with Crippen LogP contribution >= 0.6 is 0 Å². The summed E-state index contributed by atoms with van der Waals surface area (Å²) in [5.74, 6) is 0.378. The molecule has 0 aliphatic heterocycles. The Morgan fingerprint density at radius 1 is 1.03 bits per heavy atom. The largest absolute Gasteiger partial charge is 0.496 e. The fraction of sp³-hybridized carbons (Fsp3) is 0.458. The first kappa shape index (κ1) is 24.3. The van der Waals surface area contributed by atoms with Crippen molar-refractivity contribution in [2.45, 2.75) is 64.1 Å². The van der Waals surface area contributed by atoms with Gasteiger partial charge in [-0.2, -0.15) is 0 Å². The molecule has 8 nitrogen and oxygen atoms in total. The zero-order valence-electron chi connectivity index (χ0n) is 19.4. The fourth-order valence-corrected chi connectivity index (χ4v) is 3.76. The maximum absolute atomic E-state index is 13.5. The number of halogens is 1. The molecule has 0 bridgehead atoms. The predicted molar refractivity (Wildman–Crippen MR) is 124 cm³/mol. The molecule has 3 amide bonds. The molecule has 178 valence electrons. The lowest BCUT2D eigenvalue weighted by atomic mass is 9.91. The summed E-state index contributed by atoms with van der Waals surface area (Å²) in [6, 6.07) is 7.43. The number of aromatic nitrogens is 1. The van der Waals surface area contributed by atoms with Crippen LogP contribution in [0, 0.1) is 5.82 Å². The van der Waals surface area contributed by atoms with E-state index in [1.807, 2.05) is 20.8 Å². The second-order valence-electron chi connectivity index (χ2n) is 9.07. The summed E-state index contributed by atoms with van der Waals surface area (Å²) in [5, 5.41) is 8.60. The number of alkyl carbamates (subject to hydrolysis) is 1. The monoisotopic (exact) mass is 458 g/mol. The van der Waals surface area contributed by atoms with Gasteiger partial charge in [0.15, 0.2) is 0 Å². The molecule has 1 saturated carbocycles. The highest BCUT2D eigenvalue weighted by molar-refractivity contribution is 5.89. The van der Waals surface area contributed by atoms with Crippen molar-refractivity contribution >= 4 is 17.9 Å². The second-order valence-corrected chi connectivity index (χ2v) is 9.07. The van der Waals surface area contributed by atoms with E-state index in [1.54, 1.807) is 24.4 Å². The van der Waals surface area contributed by atoms with Gasteiger partial charge in [0.1, 0.15) is 23.0 Å². The fourth-order valence-electron chi connectivity index (χ4n) is 3.76. The van der Waals surface area contributed by atoms with E-state index in [2.05, 4.69) is 20.9 Å². The number of carbonyl (C=O) groups is 2. The average molecular weight is 459 g/mol. The molecular weight excluding hydrogens is 427 g/mol. The van der Waals surface area contributed by atoms with Crippen LogP contribution < -0.4 is 20.7 Å². The highest BCUT2D eigenvalue weighted by atomic mass is 19.1. The molecule has 1 aromatic carbocycles. The molecule has 3 N–H and O–H groups in total. The number of ether oxygens (including phenoxy) is 2. The summed E-state index contributed by atoms with van der Waals surface area (Å²) in [4.78, 5) is 28.6. The van der Waals surface area contributed by atoms with E-state index in [4.69, 9.17) is 9.47 Å². The van der Waals surface area contributed by atoms with Crippen molar-refractivity contribution in [2.24, 2.45) is 0 Å². The molecule has 0 radical (unpaired) electrons. The van der Waals surface area contributed by atoms with E-state index in [1.165, 1.54) is 19.2 Å². The van der Waals surface area contributed by atoms with Gasteiger partial charge in [-0.15, -0.1) is 0 Å². The zero-order chi connectivity index (χ0) is 24.0. The van der Waals surface area contributed by atoms with E-state index in [9.17, 15) is 14.0 Å². The lowest BCUT2D eigenvalue weighted by Crippen LogP contribution is -2.46. The Kier molecular flexibility index (Phi) is 7.73. The normalized spacial score (nSPS) is 18.2. The molecule has 1 aliphatic rings. The van der Waals surface area contributed by atoms with Crippen LogP contribution in [0.25, 0.3) is 11.1 Å². The number of carbonyl (C=O) groups excluding carboxylic acids is 2. The predicted octanol–water partition coefficient (Wildman–Crippen LogP) is 4.85. The average Bonchev–Trinajstić information content (AvgIpc) is 2.73. The van der Waals surface area contributed by atoms with Crippen molar-refractivity contribution in [3.8, 4) is 16.9 Å². The SMILES string of the molecule is COc1cc(F)ccc1-c1ccnc(NC(=O)NC2CCC(NC(=O)OC(C)(C)C)CC2)c1. The third kappa shape index (κ3) is 7.34. The van der Waals surface area contributed by atoms with Gasteiger partial charge < -0.3 is 20.1 Å². The van der Waals surface area contributed by atoms with Gasteiger partial charge in [0.2, 0.25) is 0 Å². The van der Waals surface area contributed by atoms with Gasteiger partial charge in [-0.3, -0.25) is 5.32 Å². The number of methoxy groups -OCH3 is 1. The van der Waals surface area contributed by atoms with Crippen molar-refractivity contribution in [1.82, 2.24) is 15.6 Å². The number of nitrogens with zero attached hydrogens (tertiary/aromatic N) is 1. The number of urea groups is 1. The van der Waals surface area contributed by atoms with Crippen molar-refractivity contribution in [3.05, 3.63) is 42.3 Å². The number of amides is 3. The molecular formula is C24H31FN4O4. The first-order chi connectivity index (χ1) is 15.6. The molecule has 9 heteroatoms. The number of hydrogen-bond acceptors (Lipinski definition) is 5. The number of hydrogen-bond donors (Lipinski definition) is 3. The van der Waals surface area contributed by atoms with Crippen LogP contribution in [0.5, 0.6) is 5.75 Å². The van der Waals surface area contributed by atoms with Crippen molar-refractivity contribution in [3.63, 3.8) is 0 Å². The van der Waals surface area contributed by atoms with Crippen LogP contribution in [0.15, 0.2) is 36.5 Å². The highest BCUT2D eigenvalue weighted by Crippen LogP contribution is 2.31. The maximum Gasteiger partial charge on any atom is 0.407 e. The summed E-state index contributed by atoms with van der Waals surface area (Å²) in [6.07, 6.45) is 4.15. The Labute approximate surface area is 193 Å². The molecule has 0 spiro atoms. The van der Waals surface area contributed by atoms with Gasteiger partial charge in [0.05, 0.1) is 7.11 Å². The van der Waals surface area contributed by atoms with E-state index in [0.717, 1.165) is 31.2 Å². The van der Waals surface area contributed by atoms with Gasteiger partial charge in [0.25, 0.3) is 0 Å². The van der Waals surface area contributed by atoms with Crippen LogP contribution in [0.4, 0.5) is 19.8 Å². The molecule has 0 atom stereocenters. The first-order valence-electron chi connectivity index (χ1n) is 11.0. The van der Waals surface area contributed by atoms with Crippen LogP contribution in [0.3, 0.4) is 0 Å². The number of rotatable bonds is 5. The van der Waals surface area contributed by atoms with Crippen LogP contribution in [-0.4, -0.2) is 41.9 Å². The molecule has 3 rings (SSSR count). The molecule has 0 saturated heterocycles. The Bertz CT molecular complexity index is 985. The second kappa shape index (κ2) is 10.5. The maximum atomic E-state index is 13.5. The first-order valence-corrected chi connectivity index (χ1v) is 11.0. The lowest BCUT2D eigenvalue weighted by molar-refractivity contribution is 0.0490. The lowest BCUT2D eigenvalue weighted by Gasteiger charge is -2.30. The standard InChI is InChI=1S/C24H31FN4O4/c1-24(2,3)33-23(31)28-18-8-6-17(7-9-18)27-22(30)29-21-13-15(11-12-26-21)19-10-5-16(25)14-20(19)32-4/h5,10-14,17-18H,6-9H2,1-4H3,(H,28,31)(H2,26,27,29,30). The van der Waals surface area contributed by atoms with Crippen LogP contribution in [0.2, 0.25) is 0 Å². The van der Waals surface area contributed by atoms with Crippen LogP contribution in [-0.2, 0) is 4.74 Å². The molecule has 1 aromatic heterocycles. The minimum atomic E-state index is -0.534. The molecule has 1 fully saturated rings. The van der Waals surface area contributed by atoms with E-state index in [0.29, 0.717) is 17.1 Å². The number of anilines is 1. The topological polar surface area (TPSA) is 102 Å². The minimum absolute atomic E-state index is 0.00191. The van der Waals surface area contributed by atoms with Crippen molar-refractivity contribution < 1.29 is 23.5 Å². The van der Waals surface area contributed by atoms with Gasteiger partial charge >= 0.3 is 12.1 Å². The van der Waals surface area contributed by atoms with Gasteiger partial charge in [0, 0.05) is 29.9 Å². The Morgan fingerprint density at radius 3 is 2.33 bits per heavy atom. The summed E-state index contributed by atoms with van der Waals surface area (Å²) in [7, 11) is 1.48. The Hall–Kier alpha value is -3.36. The third-order valence-corrected chi connectivity index (χ3v) is 5.26. The third-order valence-electron chi connectivity index (χ3n) is 5.26. The zero-order valence-corrected chi connectivity index (χ0v) is 19.4. The summed E-state index contributed by atoms with van der Waals surface area (Å²) in [5.41, 5.74) is 0.903. The summed E-state index contributed by atoms with van der Waals surface area (Å²) >= 11 is 0.